The number of rotatable bonds is 10. The topological polar surface area (TPSA) is 61.0 Å². The van der Waals surface area contributed by atoms with E-state index in [0.717, 1.165) is 23.7 Å². The zero-order chi connectivity index (χ0) is 21.5. The number of hydrogen-bond acceptors (Lipinski definition) is 3. The first-order valence-corrected chi connectivity index (χ1v) is 10.8. The second-order valence-electron chi connectivity index (χ2n) is 8.86. The van der Waals surface area contributed by atoms with Gasteiger partial charge in [0, 0.05) is 24.4 Å². The molecule has 0 saturated carbocycles. The Hall–Kier alpha value is -2.66. The van der Waals surface area contributed by atoms with E-state index in [1.165, 1.54) is 11.1 Å². The highest BCUT2D eigenvalue weighted by Gasteiger charge is 2.19. The van der Waals surface area contributed by atoms with Crippen LogP contribution in [0.4, 0.5) is 0 Å². The van der Waals surface area contributed by atoms with Crippen molar-refractivity contribution in [3.05, 3.63) is 65.9 Å². The van der Waals surface area contributed by atoms with Crippen molar-refractivity contribution in [3.8, 4) is 0 Å². The van der Waals surface area contributed by atoms with Crippen molar-refractivity contribution in [1.29, 1.82) is 0 Å². The predicted octanol–water partition coefficient (Wildman–Crippen LogP) is 4.37. The number of carbonyl (C=O) groups excluding carboxylic acids is 1. The van der Waals surface area contributed by atoms with Gasteiger partial charge in [0.15, 0.2) is 0 Å². The van der Waals surface area contributed by atoms with Crippen LogP contribution >= 0.6 is 0 Å². The summed E-state index contributed by atoms with van der Waals surface area (Å²) in [6.07, 6.45) is 4.27. The number of carbonyl (C=O) groups is 1. The molecule has 0 fully saturated rings. The normalized spacial score (nSPS) is 13.7. The Bertz CT molecular complexity index is 932. The van der Waals surface area contributed by atoms with Crippen LogP contribution in [0, 0.1) is 5.92 Å². The summed E-state index contributed by atoms with van der Waals surface area (Å²) in [4.78, 5) is 15.0. The molecular weight excluding hydrogens is 372 g/mol. The van der Waals surface area contributed by atoms with Gasteiger partial charge in [-0.1, -0.05) is 50.2 Å². The third-order valence-corrected chi connectivity index (χ3v) is 5.70. The molecule has 30 heavy (non-hydrogen) atoms. The first kappa shape index (κ1) is 22.0. The standard InChI is InChI=1S/C25H34N4O/c1-18(2)12-21(20-8-6-5-7-9-20)15-25(30)26-17-23(29(3)4)14-19-10-11-24-22(13-19)16-27-28-24/h5-11,13,16,18,21,23H,12,14-15,17H2,1-4H3,(H,26,30)(H,27,28)/t21-,23-/m0/s1. The Morgan fingerprint density at radius 2 is 1.90 bits per heavy atom. The van der Waals surface area contributed by atoms with Crippen LogP contribution in [0.25, 0.3) is 10.9 Å². The molecular formula is C25H34N4O. The Kier molecular flexibility index (Phi) is 7.63. The summed E-state index contributed by atoms with van der Waals surface area (Å²) in [7, 11) is 4.14. The number of likely N-dealkylation sites (N-methyl/N-ethyl adjacent to an activating group) is 1. The third-order valence-electron chi connectivity index (χ3n) is 5.70. The molecule has 2 atom stereocenters. The summed E-state index contributed by atoms with van der Waals surface area (Å²) in [5, 5.41) is 11.4. The molecule has 0 unspecified atom stereocenters. The van der Waals surface area contributed by atoms with E-state index in [4.69, 9.17) is 0 Å². The van der Waals surface area contributed by atoms with Crippen LogP contribution in [-0.4, -0.2) is 47.7 Å². The van der Waals surface area contributed by atoms with Crippen molar-refractivity contribution in [2.75, 3.05) is 20.6 Å². The average molecular weight is 407 g/mol. The molecule has 1 amide bonds. The first-order valence-electron chi connectivity index (χ1n) is 10.8. The molecule has 2 aromatic carbocycles. The second-order valence-corrected chi connectivity index (χ2v) is 8.86. The van der Waals surface area contributed by atoms with Crippen LogP contribution in [0.15, 0.2) is 54.7 Å². The molecule has 5 heteroatoms. The summed E-state index contributed by atoms with van der Waals surface area (Å²) in [5.74, 6) is 0.935. The number of nitrogens with zero attached hydrogens (tertiary/aromatic N) is 2. The van der Waals surface area contributed by atoms with E-state index in [2.05, 4.69) is 90.8 Å². The number of nitrogens with one attached hydrogen (secondary N) is 2. The average Bonchev–Trinajstić information content (AvgIpc) is 3.18. The fourth-order valence-corrected chi connectivity index (χ4v) is 3.99. The molecule has 0 aliphatic rings. The van der Waals surface area contributed by atoms with E-state index in [0.29, 0.717) is 18.9 Å². The number of fused-ring (bicyclic) bond motifs is 1. The van der Waals surface area contributed by atoms with Crippen molar-refractivity contribution < 1.29 is 4.79 Å². The van der Waals surface area contributed by atoms with Crippen molar-refractivity contribution in [1.82, 2.24) is 20.4 Å². The molecule has 5 nitrogen and oxygen atoms in total. The monoisotopic (exact) mass is 406 g/mol. The molecule has 0 aliphatic carbocycles. The van der Waals surface area contributed by atoms with Crippen molar-refractivity contribution >= 4 is 16.8 Å². The molecule has 0 saturated heterocycles. The highest BCUT2D eigenvalue weighted by molar-refractivity contribution is 5.78. The largest absolute Gasteiger partial charge is 0.355 e. The lowest BCUT2D eigenvalue weighted by molar-refractivity contribution is -0.121. The Balaban J connectivity index is 1.59. The molecule has 3 rings (SSSR count). The van der Waals surface area contributed by atoms with Gasteiger partial charge in [0.1, 0.15) is 0 Å². The minimum atomic E-state index is 0.127. The van der Waals surface area contributed by atoms with Gasteiger partial charge in [-0.05, 0) is 62.0 Å². The summed E-state index contributed by atoms with van der Waals surface area (Å²) in [5.41, 5.74) is 3.54. The maximum atomic E-state index is 12.8. The van der Waals surface area contributed by atoms with Crippen LogP contribution in [0.1, 0.15) is 43.7 Å². The molecule has 0 aliphatic heterocycles. The van der Waals surface area contributed by atoms with E-state index in [9.17, 15) is 4.79 Å². The van der Waals surface area contributed by atoms with Gasteiger partial charge in [0.05, 0.1) is 11.7 Å². The molecule has 3 aromatic rings. The van der Waals surface area contributed by atoms with Crippen LogP contribution in [0.5, 0.6) is 0 Å². The van der Waals surface area contributed by atoms with Gasteiger partial charge in [0.25, 0.3) is 0 Å². The van der Waals surface area contributed by atoms with Crippen molar-refractivity contribution in [2.45, 2.75) is 45.1 Å². The lowest BCUT2D eigenvalue weighted by Gasteiger charge is -2.26. The smallest absolute Gasteiger partial charge is 0.220 e. The zero-order valence-electron chi connectivity index (χ0n) is 18.6. The lowest BCUT2D eigenvalue weighted by Crippen LogP contribution is -2.41. The Labute approximate surface area is 179 Å². The summed E-state index contributed by atoms with van der Waals surface area (Å²) in [6, 6.07) is 17.0. The second kappa shape index (κ2) is 10.4. The van der Waals surface area contributed by atoms with Gasteiger partial charge in [0.2, 0.25) is 5.91 Å². The SMILES string of the molecule is CC(C)C[C@@H](CC(=O)NC[C@H](Cc1ccc2[nH]ncc2c1)N(C)C)c1ccccc1. The van der Waals surface area contributed by atoms with Crippen LogP contribution in [0.2, 0.25) is 0 Å². The quantitative estimate of drug-likeness (QED) is 0.525. The number of hydrogen-bond donors (Lipinski definition) is 2. The van der Waals surface area contributed by atoms with E-state index in [-0.39, 0.29) is 17.9 Å². The molecule has 1 aromatic heterocycles. The van der Waals surface area contributed by atoms with E-state index in [1.807, 2.05) is 12.3 Å². The van der Waals surface area contributed by atoms with Gasteiger partial charge >= 0.3 is 0 Å². The predicted molar refractivity (Wildman–Crippen MR) is 124 cm³/mol. The fourth-order valence-electron chi connectivity index (χ4n) is 3.99. The Morgan fingerprint density at radius 3 is 2.60 bits per heavy atom. The summed E-state index contributed by atoms with van der Waals surface area (Å²) < 4.78 is 0. The number of benzene rings is 2. The van der Waals surface area contributed by atoms with Gasteiger partial charge < -0.3 is 10.2 Å². The van der Waals surface area contributed by atoms with Crippen LogP contribution < -0.4 is 5.32 Å². The van der Waals surface area contributed by atoms with Crippen molar-refractivity contribution in [2.24, 2.45) is 5.92 Å². The minimum absolute atomic E-state index is 0.127. The van der Waals surface area contributed by atoms with Gasteiger partial charge in [-0.15, -0.1) is 0 Å². The first-order chi connectivity index (χ1) is 14.4. The number of aromatic nitrogens is 2. The number of H-pyrrole nitrogens is 1. The number of amides is 1. The van der Waals surface area contributed by atoms with E-state index in [1.54, 1.807) is 0 Å². The third kappa shape index (κ3) is 6.17. The lowest BCUT2D eigenvalue weighted by atomic mass is 9.87. The number of aromatic amines is 1. The fraction of sp³-hybridized carbons (Fsp3) is 0.440. The molecule has 0 bridgehead atoms. The maximum Gasteiger partial charge on any atom is 0.220 e. The van der Waals surface area contributed by atoms with Gasteiger partial charge in [-0.2, -0.15) is 5.10 Å². The van der Waals surface area contributed by atoms with E-state index >= 15 is 0 Å². The molecule has 0 spiro atoms. The van der Waals surface area contributed by atoms with Crippen molar-refractivity contribution in [3.63, 3.8) is 0 Å². The summed E-state index contributed by atoms with van der Waals surface area (Å²) in [6.45, 7) is 5.07. The van der Waals surface area contributed by atoms with Crippen LogP contribution in [0.3, 0.4) is 0 Å². The van der Waals surface area contributed by atoms with Gasteiger partial charge in [-0.3, -0.25) is 9.89 Å². The molecule has 1 heterocycles. The highest BCUT2D eigenvalue weighted by Crippen LogP contribution is 2.27. The minimum Gasteiger partial charge on any atom is -0.355 e. The zero-order valence-corrected chi connectivity index (χ0v) is 18.6. The maximum absolute atomic E-state index is 12.8. The van der Waals surface area contributed by atoms with Crippen LogP contribution in [-0.2, 0) is 11.2 Å². The Morgan fingerprint density at radius 1 is 1.13 bits per heavy atom. The highest BCUT2D eigenvalue weighted by atomic mass is 16.1. The summed E-state index contributed by atoms with van der Waals surface area (Å²) >= 11 is 0. The van der Waals surface area contributed by atoms with E-state index < -0.39 is 0 Å². The molecule has 160 valence electrons. The molecule has 0 radical (unpaired) electrons. The van der Waals surface area contributed by atoms with Gasteiger partial charge in [-0.25, -0.2) is 0 Å². The molecule has 2 N–H and O–H groups in total.